The van der Waals surface area contributed by atoms with E-state index in [9.17, 15) is 4.79 Å². The molecule has 1 N–H and O–H groups in total. The van der Waals surface area contributed by atoms with Gasteiger partial charge in [-0.15, -0.1) is 0 Å². The van der Waals surface area contributed by atoms with Gasteiger partial charge in [0.05, 0.1) is 17.7 Å². The first-order chi connectivity index (χ1) is 10.6. The summed E-state index contributed by atoms with van der Waals surface area (Å²) in [7, 11) is 0. The summed E-state index contributed by atoms with van der Waals surface area (Å²) in [6, 6.07) is 9.18. The summed E-state index contributed by atoms with van der Waals surface area (Å²) < 4.78 is 1.91. The summed E-state index contributed by atoms with van der Waals surface area (Å²) in [5, 5.41) is 11.8. The molecule has 22 heavy (non-hydrogen) atoms. The molecule has 0 bridgehead atoms. The van der Waals surface area contributed by atoms with Gasteiger partial charge >= 0.3 is 0 Å². The molecular formula is C16H14N4OS. The number of amides is 1. The Labute approximate surface area is 131 Å². The lowest BCUT2D eigenvalue weighted by molar-refractivity contribution is 0.0943. The van der Waals surface area contributed by atoms with E-state index in [1.807, 2.05) is 36.6 Å². The van der Waals surface area contributed by atoms with Gasteiger partial charge in [-0.05, 0) is 31.5 Å². The molecule has 0 aliphatic heterocycles. The van der Waals surface area contributed by atoms with Gasteiger partial charge < -0.3 is 5.32 Å². The summed E-state index contributed by atoms with van der Waals surface area (Å²) in [5.41, 5.74) is 2.46. The zero-order chi connectivity index (χ0) is 15.7. The van der Waals surface area contributed by atoms with Gasteiger partial charge in [-0.25, -0.2) is 4.98 Å². The van der Waals surface area contributed by atoms with Crippen LogP contribution < -0.4 is 5.32 Å². The molecule has 110 valence electrons. The number of fused-ring (bicyclic) bond motifs is 1. The topological polar surface area (TPSA) is 70.2 Å². The first-order valence-corrected chi connectivity index (χ1v) is 7.65. The zero-order valence-electron chi connectivity index (χ0n) is 12.2. The third kappa shape index (κ3) is 2.47. The average molecular weight is 310 g/mol. The van der Waals surface area contributed by atoms with Crippen LogP contribution in [0, 0.1) is 18.3 Å². The molecule has 0 radical (unpaired) electrons. The molecule has 3 rings (SSSR count). The molecule has 2 heterocycles. The van der Waals surface area contributed by atoms with Gasteiger partial charge in [-0.2, -0.15) is 5.26 Å². The highest BCUT2D eigenvalue weighted by Crippen LogP contribution is 2.22. The Hall–Kier alpha value is -2.65. The number of nitrogens with one attached hydrogen (secondary N) is 1. The molecule has 0 saturated heterocycles. The summed E-state index contributed by atoms with van der Waals surface area (Å²) >= 11 is 1.38. The number of aromatic nitrogens is 2. The Morgan fingerprint density at radius 2 is 2.14 bits per heavy atom. The molecule has 6 heteroatoms. The number of nitriles is 1. The van der Waals surface area contributed by atoms with Crippen LogP contribution in [0.3, 0.4) is 0 Å². The van der Waals surface area contributed by atoms with E-state index < -0.39 is 0 Å². The van der Waals surface area contributed by atoms with Gasteiger partial charge in [0.15, 0.2) is 4.96 Å². The number of benzene rings is 1. The number of thiazole rings is 1. The van der Waals surface area contributed by atoms with E-state index in [4.69, 9.17) is 5.26 Å². The molecule has 0 saturated carbocycles. The van der Waals surface area contributed by atoms with Crippen molar-refractivity contribution in [3.63, 3.8) is 0 Å². The molecule has 0 fully saturated rings. The summed E-state index contributed by atoms with van der Waals surface area (Å²) in [6.07, 6.45) is 3.57. The molecule has 1 amide bonds. The number of carbonyl (C=O) groups excluding carboxylic acids is 1. The maximum absolute atomic E-state index is 12.4. The normalized spacial score (nSPS) is 12.0. The third-order valence-corrected chi connectivity index (χ3v) is 4.75. The van der Waals surface area contributed by atoms with E-state index in [0.717, 1.165) is 16.2 Å². The van der Waals surface area contributed by atoms with Gasteiger partial charge in [0.1, 0.15) is 4.88 Å². The predicted molar refractivity (Wildman–Crippen MR) is 84.8 cm³/mol. The number of imidazole rings is 1. The van der Waals surface area contributed by atoms with Crippen LogP contribution in [0.4, 0.5) is 0 Å². The van der Waals surface area contributed by atoms with Crippen LogP contribution in [0.25, 0.3) is 4.96 Å². The minimum atomic E-state index is -0.130. The monoisotopic (exact) mass is 310 g/mol. The Morgan fingerprint density at radius 3 is 2.77 bits per heavy atom. The van der Waals surface area contributed by atoms with E-state index >= 15 is 0 Å². The molecule has 0 aliphatic rings. The number of hydrogen-bond acceptors (Lipinski definition) is 4. The van der Waals surface area contributed by atoms with Gasteiger partial charge in [-0.1, -0.05) is 23.5 Å². The number of rotatable bonds is 3. The van der Waals surface area contributed by atoms with E-state index in [2.05, 4.69) is 16.4 Å². The maximum Gasteiger partial charge on any atom is 0.263 e. The zero-order valence-corrected chi connectivity index (χ0v) is 13.0. The molecule has 5 nitrogen and oxygen atoms in total. The summed E-state index contributed by atoms with van der Waals surface area (Å²) in [5.74, 6) is -0.107. The van der Waals surface area contributed by atoms with Crippen molar-refractivity contribution in [3.8, 4) is 6.07 Å². The third-order valence-electron chi connectivity index (χ3n) is 3.58. The lowest BCUT2D eigenvalue weighted by atomic mass is 10.1. The fraction of sp³-hybridized carbons (Fsp3) is 0.188. The van der Waals surface area contributed by atoms with Crippen LogP contribution in [0.5, 0.6) is 0 Å². The van der Waals surface area contributed by atoms with Crippen molar-refractivity contribution in [1.82, 2.24) is 14.7 Å². The SMILES string of the molecule is Cc1c(C(=O)N[C@H](C)c2ccc(C#N)cc2)sc2nccn12. The first-order valence-electron chi connectivity index (χ1n) is 6.83. The molecule has 1 atom stereocenters. The van der Waals surface area contributed by atoms with Gasteiger partial charge in [0.2, 0.25) is 0 Å². The average Bonchev–Trinajstić information content (AvgIpc) is 3.10. The van der Waals surface area contributed by atoms with Crippen molar-refractivity contribution in [3.05, 3.63) is 58.4 Å². The standard InChI is InChI=1S/C16H14N4OS/c1-10(13-5-3-12(9-17)4-6-13)19-15(21)14-11(2)20-8-7-18-16(20)22-14/h3-8,10H,1-2H3,(H,19,21)/t10-/m1/s1. The Kier molecular flexibility index (Phi) is 3.65. The molecule has 2 aromatic heterocycles. The van der Waals surface area contributed by atoms with Gasteiger partial charge in [0.25, 0.3) is 5.91 Å². The van der Waals surface area contributed by atoms with Crippen molar-refractivity contribution in [2.45, 2.75) is 19.9 Å². The van der Waals surface area contributed by atoms with E-state index in [0.29, 0.717) is 10.4 Å². The molecule has 0 aliphatic carbocycles. The largest absolute Gasteiger partial charge is 0.345 e. The minimum absolute atomic E-state index is 0.107. The lowest BCUT2D eigenvalue weighted by Gasteiger charge is -2.14. The Bertz CT molecular complexity index is 870. The molecule has 0 unspecified atom stereocenters. The highest BCUT2D eigenvalue weighted by atomic mass is 32.1. The number of hydrogen-bond donors (Lipinski definition) is 1. The van der Waals surface area contributed by atoms with Crippen molar-refractivity contribution < 1.29 is 4.79 Å². The first kappa shape index (κ1) is 14.3. The van der Waals surface area contributed by atoms with Gasteiger partial charge in [0, 0.05) is 18.1 Å². The summed E-state index contributed by atoms with van der Waals surface area (Å²) in [4.78, 5) is 18.1. The van der Waals surface area contributed by atoms with Crippen LogP contribution in [0.1, 0.15) is 39.5 Å². The van der Waals surface area contributed by atoms with Crippen LogP contribution in [0.2, 0.25) is 0 Å². The van der Waals surface area contributed by atoms with E-state index in [1.54, 1.807) is 18.3 Å². The van der Waals surface area contributed by atoms with Crippen LogP contribution in [0.15, 0.2) is 36.7 Å². The second kappa shape index (κ2) is 5.62. The van der Waals surface area contributed by atoms with Crippen LogP contribution >= 0.6 is 11.3 Å². The van der Waals surface area contributed by atoms with Crippen molar-refractivity contribution in [2.24, 2.45) is 0 Å². The minimum Gasteiger partial charge on any atom is -0.345 e. The second-order valence-corrected chi connectivity index (χ2v) is 6.00. The quantitative estimate of drug-likeness (QED) is 0.808. The number of carbonyl (C=O) groups is 1. The second-order valence-electron chi connectivity index (χ2n) is 5.03. The van der Waals surface area contributed by atoms with Crippen molar-refractivity contribution in [2.75, 3.05) is 0 Å². The highest BCUT2D eigenvalue weighted by Gasteiger charge is 2.18. The number of aryl methyl sites for hydroxylation is 1. The molecule has 3 aromatic rings. The maximum atomic E-state index is 12.4. The van der Waals surface area contributed by atoms with Gasteiger partial charge in [-0.3, -0.25) is 9.20 Å². The molecule has 0 spiro atoms. The fourth-order valence-corrected chi connectivity index (χ4v) is 3.29. The Balaban J connectivity index is 1.79. The lowest BCUT2D eigenvalue weighted by Crippen LogP contribution is -2.26. The smallest absolute Gasteiger partial charge is 0.263 e. The highest BCUT2D eigenvalue weighted by molar-refractivity contribution is 7.19. The predicted octanol–water partition coefficient (Wildman–Crippen LogP) is 3.07. The Morgan fingerprint density at radius 1 is 1.41 bits per heavy atom. The van der Waals surface area contributed by atoms with Crippen LogP contribution in [-0.4, -0.2) is 15.3 Å². The number of nitrogens with zero attached hydrogens (tertiary/aromatic N) is 3. The van der Waals surface area contributed by atoms with E-state index in [1.165, 1.54) is 11.3 Å². The molecular weight excluding hydrogens is 296 g/mol. The van der Waals surface area contributed by atoms with Crippen molar-refractivity contribution in [1.29, 1.82) is 5.26 Å². The van der Waals surface area contributed by atoms with Crippen molar-refractivity contribution >= 4 is 22.2 Å². The molecule has 1 aromatic carbocycles. The summed E-state index contributed by atoms with van der Waals surface area (Å²) in [6.45, 7) is 3.83. The fourth-order valence-electron chi connectivity index (χ4n) is 2.30. The van der Waals surface area contributed by atoms with Crippen LogP contribution in [-0.2, 0) is 0 Å². The van der Waals surface area contributed by atoms with E-state index in [-0.39, 0.29) is 11.9 Å².